The van der Waals surface area contributed by atoms with E-state index in [0.717, 1.165) is 13.0 Å². The summed E-state index contributed by atoms with van der Waals surface area (Å²) < 4.78 is 4.80. The molecule has 0 bridgehead atoms. The average molecular weight is 329 g/mol. The fraction of sp³-hybridized carbons (Fsp3) is 0.217. The number of hydrogen-bond donors (Lipinski definition) is 1. The Bertz CT molecular complexity index is 943. The van der Waals surface area contributed by atoms with Gasteiger partial charge in [-0.2, -0.15) is 0 Å². The molecule has 0 aromatic heterocycles. The number of hydrogen-bond acceptors (Lipinski definition) is 2. The molecule has 2 N–H and O–H groups in total. The van der Waals surface area contributed by atoms with E-state index in [2.05, 4.69) is 48.5 Å². The van der Waals surface area contributed by atoms with Crippen LogP contribution in [-0.2, 0) is 11.2 Å². The number of nitrogens with two attached hydrogens (primary N) is 1. The van der Waals surface area contributed by atoms with E-state index >= 15 is 0 Å². The van der Waals surface area contributed by atoms with Crippen LogP contribution in [0.3, 0.4) is 0 Å². The van der Waals surface area contributed by atoms with Crippen molar-refractivity contribution in [2.45, 2.75) is 25.3 Å². The predicted octanol–water partition coefficient (Wildman–Crippen LogP) is 5.42. The van der Waals surface area contributed by atoms with Gasteiger partial charge in [0, 0.05) is 6.04 Å². The van der Waals surface area contributed by atoms with Crippen molar-refractivity contribution in [2.75, 3.05) is 6.61 Å². The summed E-state index contributed by atoms with van der Waals surface area (Å²) in [6.07, 6.45) is 11.0. The van der Waals surface area contributed by atoms with Gasteiger partial charge in [0.25, 0.3) is 0 Å². The molecule has 1 heterocycles. The van der Waals surface area contributed by atoms with Crippen LogP contribution in [0.15, 0.2) is 73.0 Å². The van der Waals surface area contributed by atoms with Crippen molar-refractivity contribution in [1.82, 2.24) is 0 Å². The molecule has 0 amide bonds. The van der Waals surface area contributed by atoms with Crippen molar-refractivity contribution < 1.29 is 4.74 Å². The Morgan fingerprint density at radius 3 is 2.52 bits per heavy atom. The second-order valence-electron chi connectivity index (χ2n) is 6.60. The van der Waals surface area contributed by atoms with Crippen LogP contribution >= 0.6 is 0 Å². The lowest BCUT2D eigenvalue weighted by atomic mass is 9.84. The largest absolute Gasteiger partial charge is 0.497 e. The van der Waals surface area contributed by atoms with Gasteiger partial charge in [0.15, 0.2) is 0 Å². The summed E-state index contributed by atoms with van der Waals surface area (Å²) in [5, 5.41) is 5.43. The van der Waals surface area contributed by atoms with Crippen molar-refractivity contribution in [1.29, 1.82) is 0 Å². The molecule has 2 nitrogen and oxygen atoms in total. The SMILES string of the molecule is C1=CCOC=C1.NC1CCCc2c1ccc1c2ccc2ccccc21. The molecule has 2 aliphatic rings. The minimum atomic E-state index is 0.222. The first-order chi connectivity index (χ1) is 12.3. The zero-order chi connectivity index (χ0) is 17.1. The Morgan fingerprint density at radius 2 is 1.76 bits per heavy atom. The van der Waals surface area contributed by atoms with Crippen LogP contribution in [0.25, 0.3) is 21.5 Å². The molecule has 3 aromatic rings. The van der Waals surface area contributed by atoms with Crippen molar-refractivity contribution in [2.24, 2.45) is 5.73 Å². The third-order valence-electron chi connectivity index (χ3n) is 5.03. The summed E-state index contributed by atoms with van der Waals surface area (Å²) in [7, 11) is 0. The lowest BCUT2D eigenvalue weighted by Crippen LogP contribution is -2.17. The molecule has 0 spiro atoms. The predicted molar refractivity (Wildman–Crippen MR) is 106 cm³/mol. The van der Waals surface area contributed by atoms with E-state index in [9.17, 15) is 0 Å². The quantitative estimate of drug-likeness (QED) is 0.559. The summed E-state index contributed by atoms with van der Waals surface area (Å²) in [6.45, 7) is 0.733. The number of ether oxygens (including phenoxy) is 1. The lowest BCUT2D eigenvalue weighted by molar-refractivity contribution is 0.286. The first-order valence-electron chi connectivity index (χ1n) is 8.97. The Kier molecular flexibility index (Phi) is 4.53. The molecule has 0 fully saturated rings. The van der Waals surface area contributed by atoms with Gasteiger partial charge in [-0.05, 0) is 64.1 Å². The second-order valence-corrected chi connectivity index (χ2v) is 6.60. The fourth-order valence-corrected chi connectivity index (χ4v) is 3.79. The van der Waals surface area contributed by atoms with Gasteiger partial charge in [0.05, 0.1) is 6.26 Å². The summed E-state index contributed by atoms with van der Waals surface area (Å²) >= 11 is 0. The van der Waals surface area contributed by atoms with Crippen molar-refractivity contribution >= 4 is 21.5 Å². The van der Waals surface area contributed by atoms with Crippen LogP contribution in [0.1, 0.15) is 30.0 Å². The van der Waals surface area contributed by atoms with Crippen LogP contribution in [-0.4, -0.2) is 6.61 Å². The Morgan fingerprint density at radius 1 is 0.880 bits per heavy atom. The maximum atomic E-state index is 6.25. The van der Waals surface area contributed by atoms with Gasteiger partial charge in [0.1, 0.15) is 6.61 Å². The number of allylic oxidation sites excluding steroid dienone is 2. The molecule has 0 saturated carbocycles. The molecule has 5 rings (SSSR count). The first kappa shape index (κ1) is 15.9. The molecule has 0 radical (unpaired) electrons. The lowest BCUT2D eigenvalue weighted by Gasteiger charge is -2.24. The van der Waals surface area contributed by atoms with Crippen LogP contribution in [0.2, 0.25) is 0 Å². The zero-order valence-corrected chi connectivity index (χ0v) is 14.3. The third-order valence-corrected chi connectivity index (χ3v) is 5.03. The molecule has 1 atom stereocenters. The smallest absolute Gasteiger partial charge is 0.106 e. The van der Waals surface area contributed by atoms with Gasteiger partial charge >= 0.3 is 0 Å². The topological polar surface area (TPSA) is 35.2 Å². The van der Waals surface area contributed by atoms with Crippen molar-refractivity contribution in [3.8, 4) is 0 Å². The van der Waals surface area contributed by atoms with Gasteiger partial charge < -0.3 is 10.5 Å². The number of rotatable bonds is 0. The second kappa shape index (κ2) is 7.12. The molecule has 2 heteroatoms. The maximum Gasteiger partial charge on any atom is 0.106 e. The Labute approximate surface area is 148 Å². The minimum Gasteiger partial charge on any atom is -0.497 e. The Hall–Kier alpha value is -2.58. The molecular weight excluding hydrogens is 306 g/mol. The highest BCUT2D eigenvalue weighted by Crippen LogP contribution is 2.36. The van der Waals surface area contributed by atoms with Crippen LogP contribution in [0.4, 0.5) is 0 Å². The summed E-state index contributed by atoms with van der Waals surface area (Å²) in [5.41, 5.74) is 9.08. The summed E-state index contributed by atoms with van der Waals surface area (Å²) in [4.78, 5) is 0. The number of benzene rings is 3. The van der Waals surface area contributed by atoms with Gasteiger partial charge in [-0.25, -0.2) is 0 Å². The van der Waals surface area contributed by atoms with E-state index in [0.29, 0.717) is 0 Å². The molecule has 25 heavy (non-hydrogen) atoms. The molecule has 126 valence electrons. The zero-order valence-electron chi connectivity index (χ0n) is 14.3. The third kappa shape index (κ3) is 3.18. The average Bonchev–Trinajstić information content (AvgIpc) is 2.69. The van der Waals surface area contributed by atoms with E-state index in [1.165, 1.54) is 45.5 Å². The normalized spacial score (nSPS) is 18.4. The standard InChI is InChI=1S/C18H17N.C5H6O/c19-18-7-3-6-14-16-9-8-12-4-1-2-5-13(12)15(16)10-11-17(14)18;1-2-4-6-5-3-1/h1-2,4-5,8-11,18H,3,6-7,19H2;1-4H,5H2. The fourth-order valence-electron chi connectivity index (χ4n) is 3.79. The van der Waals surface area contributed by atoms with Gasteiger partial charge in [0.2, 0.25) is 0 Å². The molecule has 1 aliphatic carbocycles. The van der Waals surface area contributed by atoms with Crippen molar-refractivity contribution in [3.63, 3.8) is 0 Å². The van der Waals surface area contributed by atoms with Crippen LogP contribution in [0, 0.1) is 0 Å². The number of aryl methyl sites for hydroxylation is 1. The van der Waals surface area contributed by atoms with Gasteiger partial charge in [-0.3, -0.25) is 0 Å². The monoisotopic (exact) mass is 329 g/mol. The highest BCUT2D eigenvalue weighted by molar-refractivity contribution is 6.08. The van der Waals surface area contributed by atoms with E-state index < -0.39 is 0 Å². The first-order valence-corrected chi connectivity index (χ1v) is 8.97. The molecule has 1 unspecified atom stereocenters. The van der Waals surface area contributed by atoms with Crippen molar-refractivity contribution in [3.05, 3.63) is 84.1 Å². The van der Waals surface area contributed by atoms with Crippen LogP contribution in [0.5, 0.6) is 0 Å². The Balaban J connectivity index is 0.000000223. The molecule has 0 saturated heterocycles. The highest BCUT2D eigenvalue weighted by Gasteiger charge is 2.18. The maximum absolute atomic E-state index is 6.25. The molecule has 3 aromatic carbocycles. The van der Waals surface area contributed by atoms with Gasteiger partial charge in [-0.1, -0.05) is 54.6 Å². The summed E-state index contributed by atoms with van der Waals surface area (Å²) in [5.74, 6) is 0. The molecular formula is C23H23NO. The van der Waals surface area contributed by atoms with E-state index in [4.69, 9.17) is 10.5 Å². The number of fused-ring (bicyclic) bond motifs is 5. The van der Waals surface area contributed by atoms with E-state index in [1.54, 1.807) is 6.26 Å². The molecule has 1 aliphatic heterocycles. The minimum absolute atomic E-state index is 0.222. The highest BCUT2D eigenvalue weighted by atomic mass is 16.5. The summed E-state index contributed by atoms with van der Waals surface area (Å²) in [6, 6.07) is 17.8. The van der Waals surface area contributed by atoms with Crippen LogP contribution < -0.4 is 5.73 Å². The van der Waals surface area contributed by atoms with Gasteiger partial charge in [-0.15, -0.1) is 0 Å². The van der Waals surface area contributed by atoms with E-state index in [1.807, 2.05) is 18.2 Å². The van der Waals surface area contributed by atoms with E-state index in [-0.39, 0.29) is 6.04 Å².